The first-order valence-electron chi connectivity index (χ1n) is 5.23. The number of rotatable bonds is 2. The number of aryl methyl sites for hydroxylation is 1. The number of halogens is 3. The molecular formula is C12H8BrCl2N3O. The SMILES string of the molecule is Cc1cc(Cl)nc(NC(=O)c2cc(Cl)ccc2Br)n1. The molecule has 7 heteroatoms. The summed E-state index contributed by atoms with van der Waals surface area (Å²) in [5.41, 5.74) is 1.06. The van der Waals surface area contributed by atoms with Gasteiger partial charge in [-0.15, -0.1) is 0 Å². The minimum Gasteiger partial charge on any atom is -0.290 e. The zero-order valence-electron chi connectivity index (χ0n) is 9.75. The van der Waals surface area contributed by atoms with Gasteiger partial charge in [0.25, 0.3) is 5.91 Å². The molecule has 0 aliphatic heterocycles. The predicted molar refractivity (Wildman–Crippen MR) is 78.9 cm³/mol. The number of amides is 1. The van der Waals surface area contributed by atoms with Gasteiger partial charge in [-0.2, -0.15) is 0 Å². The molecule has 0 fully saturated rings. The quantitative estimate of drug-likeness (QED) is 0.820. The molecule has 0 spiro atoms. The van der Waals surface area contributed by atoms with Crippen molar-refractivity contribution in [1.82, 2.24) is 9.97 Å². The van der Waals surface area contributed by atoms with E-state index < -0.39 is 0 Å². The normalized spacial score (nSPS) is 10.3. The summed E-state index contributed by atoms with van der Waals surface area (Å²) in [6.45, 7) is 1.76. The van der Waals surface area contributed by atoms with Crippen molar-refractivity contribution in [3.8, 4) is 0 Å². The summed E-state index contributed by atoms with van der Waals surface area (Å²) >= 11 is 15.0. The lowest BCUT2D eigenvalue weighted by molar-refractivity contribution is 0.102. The van der Waals surface area contributed by atoms with E-state index in [1.54, 1.807) is 31.2 Å². The summed E-state index contributed by atoms with van der Waals surface area (Å²) < 4.78 is 0.633. The van der Waals surface area contributed by atoms with Crippen LogP contribution < -0.4 is 5.32 Å². The number of hydrogen-bond acceptors (Lipinski definition) is 3. The van der Waals surface area contributed by atoms with Crippen LogP contribution in [0.1, 0.15) is 16.1 Å². The van der Waals surface area contributed by atoms with Gasteiger partial charge in [0.15, 0.2) is 0 Å². The Kier molecular flexibility index (Phi) is 4.39. The smallest absolute Gasteiger partial charge is 0.259 e. The monoisotopic (exact) mass is 359 g/mol. The second kappa shape index (κ2) is 5.86. The molecule has 0 aliphatic carbocycles. The van der Waals surface area contributed by atoms with Crippen molar-refractivity contribution in [3.63, 3.8) is 0 Å². The summed E-state index contributed by atoms with van der Waals surface area (Å²) in [4.78, 5) is 20.1. The Morgan fingerprint density at radius 1 is 1.26 bits per heavy atom. The van der Waals surface area contributed by atoms with Crippen LogP contribution in [0.15, 0.2) is 28.7 Å². The molecule has 0 bridgehead atoms. The topological polar surface area (TPSA) is 54.9 Å². The average Bonchev–Trinajstić information content (AvgIpc) is 2.30. The number of nitrogens with zero attached hydrogens (tertiary/aromatic N) is 2. The molecule has 2 rings (SSSR count). The highest BCUT2D eigenvalue weighted by Crippen LogP contribution is 2.22. The van der Waals surface area contributed by atoms with Gasteiger partial charge in [-0.25, -0.2) is 9.97 Å². The van der Waals surface area contributed by atoms with Gasteiger partial charge in [0.05, 0.1) is 5.56 Å². The van der Waals surface area contributed by atoms with E-state index in [1.165, 1.54) is 0 Å². The van der Waals surface area contributed by atoms with Crippen LogP contribution in [0.3, 0.4) is 0 Å². The van der Waals surface area contributed by atoms with Crippen molar-refractivity contribution in [2.45, 2.75) is 6.92 Å². The van der Waals surface area contributed by atoms with E-state index in [1.807, 2.05) is 0 Å². The summed E-state index contributed by atoms with van der Waals surface area (Å²) in [5.74, 6) is -0.210. The van der Waals surface area contributed by atoms with Crippen LogP contribution in [0, 0.1) is 6.92 Å². The van der Waals surface area contributed by atoms with E-state index in [0.29, 0.717) is 20.8 Å². The first kappa shape index (κ1) is 14.2. The lowest BCUT2D eigenvalue weighted by Gasteiger charge is -2.07. The highest BCUT2D eigenvalue weighted by atomic mass is 79.9. The molecule has 1 aromatic carbocycles. The van der Waals surface area contributed by atoms with E-state index >= 15 is 0 Å². The maximum absolute atomic E-state index is 12.1. The highest BCUT2D eigenvalue weighted by Gasteiger charge is 2.12. The third kappa shape index (κ3) is 3.65. The van der Waals surface area contributed by atoms with Gasteiger partial charge in [0.2, 0.25) is 5.95 Å². The standard InChI is InChI=1S/C12H8BrCl2N3O/c1-6-4-10(15)17-12(16-6)18-11(19)8-5-7(14)2-3-9(8)13/h2-5H,1H3,(H,16,17,18,19). The molecule has 4 nitrogen and oxygen atoms in total. The van der Waals surface area contributed by atoms with Gasteiger partial charge in [-0.1, -0.05) is 23.2 Å². The number of nitrogens with one attached hydrogen (secondary N) is 1. The van der Waals surface area contributed by atoms with Crippen LogP contribution in [-0.4, -0.2) is 15.9 Å². The number of carbonyl (C=O) groups excluding carboxylic acids is 1. The maximum Gasteiger partial charge on any atom is 0.259 e. The molecule has 0 radical (unpaired) electrons. The average molecular weight is 361 g/mol. The molecule has 0 unspecified atom stereocenters. The molecule has 0 atom stereocenters. The molecule has 0 saturated carbocycles. The molecule has 1 amide bonds. The number of aromatic nitrogens is 2. The van der Waals surface area contributed by atoms with E-state index in [2.05, 4.69) is 31.2 Å². The van der Waals surface area contributed by atoms with Crippen molar-refractivity contribution in [1.29, 1.82) is 0 Å². The first-order valence-corrected chi connectivity index (χ1v) is 6.78. The second-order valence-corrected chi connectivity index (χ2v) is 5.41. The highest BCUT2D eigenvalue weighted by molar-refractivity contribution is 9.10. The zero-order chi connectivity index (χ0) is 14.0. The fourth-order valence-corrected chi connectivity index (χ4v) is 2.26. The Hall–Kier alpha value is -1.17. The Balaban J connectivity index is 2.28. The third-order valence-corrected chi connectivity index (χ3v) is 3.34. The van der Waals surface area contributed by atoms with Gasteiger partial charge < -0.3 is 0 Å². The molecular weight excluding hydrogens is 353 g/mol. The maximum atomic E-state index is 12.1. The lowest BCUT2D eigenvalue weighted by Crippen LogP contribution is -2.15. The molecule has 1 aromatic heterocycles. The Morgan fingerprint density at radius 3 is 2.68 bits per heavy atom. The minimum atomic E-state index is -0.365. The second-order valence-electron chi connectivity index (χ2n) is 3.73. The molecule has 98 valence electrons. The number of carbonyl (C=O) groups is 1. The van der Waals surface area contributed by atoms with Gasteiger partial charge in [0.1, 0.15) is 5.15 Å². The van der Waals surface area contributed by atoms with Crippen LogP contribution in [0.5, 0.6) is 0 Å². The van der Waals surface area contributed by atoms with Crippen molar-refractivity contribution in [3.05, 3.63) is 50.2 Å². The minimum absolute atomic E-state index is 0.155. The molecule has 19 heavy (non-hydrogen) atoms. The molecule has 2 aromatic rings. The fourth-order valence-electron chi connectivity index (χ4n) is 1.43. The van der Waals surface area contributed by atoms with Crippen LogP contribution >= 0.6 is 39.1 Å². The van der Waals surface area contributed by atoms with Crippen molar-refractivity contribution in [2.24, 2.45) is 0 Å². The molecule has 0 saturated heterocycles. The third-order valence-electron chi connectivity index (χ3n) is 2.22. The fraction of sp³-hybridized carbons (Fsp3) is 0.0833. The summed E-state index contributed by atoms with van der Waals surface area (Å²) in [7, 11) is 0. The summed E-state index contributed by atoms with van der Waals surface area (Å²) in [6.07, 6.45) is 0. The van der Waals surface area contributed by atoms with Gasteiger partial charge in [-0.05, 0) is 47.1 Å². The van der Waals surface area contributed by atoms with Crippen LogP contribution in [-0.2, 0) is 0 Å². The van der Waals surface area contributed by atoms with E-state index in [4.69, 9.17) is 23.2 Å². The van der Waals surface area contributed by atoms with E-state index in [9.17, 15) is 4.79 Å². The molecule has 1 N–H and O–H groups in total. The predicted octanol–water partition coefficient (Wildman–Crippen LogP) is 4.11. The van der Waals surface area contributed by atoms with E-state index in [0.717, 1.165) is 0 Å². The summed E-state index contributed by atoms with van der Waals surface area (Å²) in [5, 5.41) is 3.31. The Labute approximate surface area is 128 Å². The largest absolute Gasteiger partial charge is 0.290 e. The molecule has 0 aliphatic rings. The van der Waals surface area contributed by atoms with Crippen LogP contribution in [0.25, 0.3) is 0 Å². The van der Waals surface area contributed by atoms with Gasteiger partial charge in [0, 0.05) is 15.2 Å². The lowest BCUT2D eigenvalue weighted by atomic mass is 10.2. The van der Waals surface area contributed by atoms with Crippen LogP contribution in [0.4, 0.5) is 5.95 Å². The van der Waals surface area contributed by atoms with Crippen molar-refractivity contribution >= 4 is 51.0 Å². The van der Waals surface area contributed by atoms with Gasteiger partial charge in [-0.3, -0.25) is 10.1 Å². The first-order chi connectivity index (χ1) is 8.95. The number of anilines is 1. The van der Waals surface area contributed by atoms with Crippen molar-refractivity contribution in [2.75, 3.05) is 5.32 Å². The zero-order valence-corrected chi connectivity index (χ0v) is 12.8. The van der Waals surface area contributed by atoms with E-state index in [-0.39, 0.29) is 17.0 Å². The molecule has 1 heterocycles. The summed E-state index contributed by atoms with van der Waals surface area (Å²) in [6, 6.07) is 6.54. The van der Waals surface area contributed by atoms with Crippen molar-refractivity contribution < 1.29 is 4.79 Å². The van der Waals surface area contributed by atoms with Gasteiger partial charge >= 0.3 is 0 Å². The number of benzene rings is 1. The Bertz CT molecular complexity index is 629. The number of hydrogen-bond donors (Lipinski definition) is 1. The van der Waals surface area contributed by atoms with Crippen LogP contribution in [0.2, 0.25) is 10.2 Å². The Morgan fingerprint density at radius 2 is 2.00 bits per heavy atom.